The van der Waals surface area contributed by atoms with Crippen LogP contribution in [0.15, 0.2) is 0 Å². The molecule has 0 atom stereocenters. The molecule has 0 unspecified atom stereocenters. The van der Waals surface area contributed by atoms with Gasteiger partial charge in [0.2, 0.25) is 0 Å². The first-order valence-corrected chi connectivity index (χ1v) is 15.8. The number of hydrogen-bond acceptors (Lipinski definition) is 0. The first-order valence-electron chi connectivity index (χ1n) is 15.8. The molecule has 40 heavy (non-hydrogen) atoms. The molecule has 1 aliphatic rings. The van der Waals surface area contributed by atoms with Crippen LogP contribution >= 0.6 is 0 Å². The van der Waals surface area contributed by atoms with Crippen molar-refractivity contribution in [1.82, 2.24) is 19.9 Å². The topological polar surface area (TPSA) is 63.2 Å². The molecule has 0 saturated heterocycles. The van der Waals surface area contributed by atoms with E-state index in [4.69, 9.17) is 0 Å². The standard InChI is InChI=1S/C36H48N4/c1-9-21-22(10-2)31-19-32-23(11-3)24(12-4)33(38-32)20-34-26(14-6)28(16-8)36(40-34)35-27(15-7)25(13-5)30(39-35)18-17-29(21)37-31/h17-20,37-40H,9-16H2,1-8H3/b18-17?,29-17-,30-18-,31-19-,32-19?,33-20?,34-20-,36-35-. The Labute approximate surface area is 238 Å². The van der Waals surface area contributed by atoms with Crippen LogP contribution < -0.4 is 21.4 Å². The lowest BCUT2D eigenvalue weighted by Crippen LogP contribution is -2.13. The van der Waals surface area contributed by atoms with Crippen molar-refractivity contribution in [3.05, 3.63) is 88.0 Å². The largest absolute Gasteiger partial charge is 0.355 e. The van der Waals surface area contributed by atoms with Crippen molar-refractivity contribution < 1.29 is 0 Å². The highest BCUT2D eigenvalue weighted by atomic mass is 14.8. The second-order valence-electron chi connectivity index (χ2n) is 11.0. The van der Waals surface area contributed by atoms with Crippen LogP contribution in [0.3, 0.4) is 0 Å². The minimum absolute atomic E-state index is 1.01. The fourth-order valence-corrected chi connectivity index (χ4v) is 7.30. The summed E-state index contributed by atoms with van der Waals surface area (Å²) in [6.45, 7) is 18.3. The molecule has 4 aromatic heterocycles. The van der Waals surface area contributed by atoms with Crippen LogP contribution in [0.4, 0.5) is 0 Å². The number of aromatic nitrogens is 4. The number of nitrogens with one attached hydrogen (secondary N) is 4. The minimum atomic E-state index is 1.01. The Bertz CT molecular complexity index is 1880. The van der Waals surface area contributed by atoms with E-state index < -0.39 is 0 Å². The van der Waals surface area contributed by atoms with Gasteiger partial charge in [-0.3, -0.25) is 0 Å². The van der Waals surface area contributed by atoms with Gasteiger partial charge in [-0.2, -0.15) is 0 Å². The van der Waals surface area contributed by atoms with E-state index in [0.717, 1.165) is 51.4 Å². The molecular weight excluding hydrogens is 488 g/mol. The number of H-pyrrole nitrogens is 4. The predicted octanol–water partition coefficient (Wildman–Crippen LogP) is 5.02. The van der Waals surface area contributed by atoms with Crippen LogP contribution in [0.2, 0.25) is 0 Å². The smallest absolute Gasteiger partial charge is 0.0662 e. The maximum atomic E-state index is 3.93. The van der Waals surface area contributed by atoms with Gasteiger partial charge in [-0.05, 0) is 120 Å². The highest BCUT2D eigenvalue weighted by Gasteiger charge is 2.16. The molecular formula is C36H48N4. The van der Waals surface area contributed by atoms with Crippen molar-refractivity contribution in [3.63, 3.8) is 0 Å². The Morgan fingerprint density at radius 3 is 1.12 bits per heavy atom. The Morgan fingerprint density at radius 1 is 0.350 bits per heavy atom. The second-order valence-corrected chi connectivity index (χ2v) is 11.0. The van der Waals surface area contributed by atoms with E-state index >= 15 is 0 Å². The van der Waals surface area contributed by atoms with E-state index in [9.17, 15) is 0 Å². The van der Waals surface area contributed by atoms with Gasteiger partial charge in [0.1, 0.15) is 0 Å². The van der Waals surface area contributed by atoms with Crippen molar-refractivity contribution in [2.75, 3.05) is 0 Å². The lowest BCUT2D eigenvalue weighted by Gasteiger charge is -2.01. The summed E-state index contributed by atoms with van der Waals surface area (Å²) in [6, 6.07) is 0. The molecule has 4 nitrogen and oxygen atoms in total. The third-order valence-electron chi connectivity index (χ3n) is 9.14. The van der Waals surface area contributed by atoms with Crippen LogP contribution in [0.25, 0.3) is 24.3 Å². The van der Waals surface area contributed by atoms with Crippen LogP contribution in [0.5, 0.6) is 0 Å². The molecule has 4 N–H and O–H groups in total. The second kappa shape index (κ2) is 11.6. The number of rotatable bonds is 8. The van der Waals surface area contributed by atoms with Gasteiger partial charge in [0.05, 0.1) is 10.7 Å². The van der Waals surface area contributed by atoms with Gasteiger partial charge >= 0.3 is 0 Å². The van der Waals surface area contributed by atoms with Crippen LogP contribution in [0.1, 0.15) is 111 Å². The summed E-state index contributed by atoms with van der Waals surface area (Å²) >= 11 is 0. The third kappa shape index (κ3) is 4.46. The average molecular weight is 537 g/mol. The maximum absolute atomic E-state index is 3.93. The molecule has 4 aromatic rings. The minimum Gasteiger partial charge on any atom is -0.355 e. The van der Waals surface area contributed by atoms with Gasteiger partial charge in [0, 0.05) is 32.8 Å². The normalized spacial score (nSPS) is 16.9. The summed E-state index contributed by atoms with van der Waals surface area (Å²) in [5, 5.41) is 7.46. The molecule has 5 heterocycles. The molecule has 4 heteroatoms. The van der Waals surface area contributed by atoms with E-state index in [-0.39, 0.29) is 0 Å². The Hall–Kier alpha value is -3.40. The zero-order valence-corrected chi connectivity index (χ0v) is 26.0. The molecule has 0 spiro atoms. The summed E-state index contributed by atoms with van der Waals surface area (Å²) in [5.41, 5.74) is 13.9. The van der Waals surface area contributed by atoms with Crippen LogP contribution in [-0.4, -0.2) is 19.9 Å². The van der Waals surface area contributed by atoms with E-state index in [1.165, 1.54) is 88.0 Å². The maximum Gasteiger partial charge on any atom is 0.0662 e. The van der Waals surface area contributed by atoms with Crippen LogP contribution in [-0.2, 0) is 51.4 Å². The molecule has 0 fully saturated rings. The quantitative estimate of drug-likeness (QED) is 0.245. The van der Waals surface area contributed by atoms with Gasteiger partial charge in [-0.1, -0.05) is 55.4 Å². The summed E-state index contributed by atoms with van der Waals surface area (Å²) in [4.78, 5) is 15.5. The van der Waals surface area contributed by atoms with Crippen molar-refractivity contribution in [3.8, 4) is 0 Å². The first kappa shape index (κ1) is 28.1. The molecule has 0 saturated carbocycles. The Kier molecular flexibility index (Phi) is 8.16. The van der Waals surface area contributed by atoms with E-state index in [2.05, 4.69) is 99.6 Å². The molecule has 5 rings (SSSR count). The Morgan fingerprint density at radius 2 is 0.675 bits per heavy atom. The van der Waals surface area contributed by atoms with E-state index in [1.807, 2.05) is 0 Å². The molecule has 212 valence electrons. The predicted molar refractivity (Wildman–Crippen MR) is 170 cm³/mol. The summed E-state index contributed by atoms with van der Waals surface area (Å²) in [6.07, 6.45) is 17.4. The molecule has 1 aliphatic heterocycles. The number of fused-ring (bicyclic) bond motifs is 8. The van der Waals surface area contributed by atoms with Crippen molar-refractivity contribution in [1.29, 1.82) is 0 Å². The van der Waals surface area contributed by atoms with Gasteiger partial charge in [0.15, 0.2) is 0 Å². The lowest BCUT2D eigenvalue weighted by atomic mass is 10.0. The Balaban J connectivity index is 2.08. The summed E-state index contributed by atoms with van der Waals surface area (Å²) in [7, 11) is 0. The third-order valence-corrected chi connectivity index (χ3v) is 9.14. The zero-order valence-electron chi connectivity index (χ0n) is 26.0. The van der Waals surface area contributed by atoms with Gasteiger partial charge in [-0.25, -0.2) is 0 Å². The van der Waals surface area contributed by atoms with Crippen molar-refractivity contribution >= 4 is 24.3 Å². The highest BCUT2D eigenvalue weighted by molar-refractivity contribution is 5.65. The fraction of sp³-hybridized carbons (Fsp3) is 0.444. The highest BCUT2D eigenvalue weighted by Crippen LogP contribution is 2.23. The molecule has 0 radical (unpaired) electrons. The van der Waals surface area contributed by atoms with E-state index in [0.29, 0.717) is 0 Å². The van der Waals surface area contributed by atoms with Crippen molar-refractivity contribution in [2.24, 2.45) is 0 Å². The SMILES string of the molecule is CCc1c2[nH]c(c1CC)/C=c1\[nH]/c(c(CC)c1CC)=c1\[nH]/c(c(CC)c1CC)=C\C=c1/[nH]/c(c(CC)c1CC)=C\2. The monoisotopic (exact) mass is 536 g/mol. The van der Waals surface area contributed by atoms with Gasteiger partial charge in [-0.15, -0.1) is 0 Å². The fourth-order valence-electron chi connectivity index (χ4n) is 7.30. The molecule has 0 aliphatic carbocycles. The number of hydrogen-bond donors (Lipinski definition) is 4. The van der Waals surface area contributed by atoms with Crippen molar-refractivity contribution in [2.45, 2.75) is 107 Å². The average Bonchev–Trinajstić information content (AvgIpc) is 3.69. The van der Waals surface area contributed by atoms with Crippen LogP contribution in [0, 0.1) is 10.7 Å². The zero-order chi connectivity index (χ0) is 28.6. The first-order chi connectivity index (χ1) is 19.5. The summed E-state index contributed by atoms with van der Waals surface area (Å²) in [5.74, 6) is 0. The molecule has 8 bridgehead atoms. The lowest BCUT2D eigenvalue weighted by molar-refractivity contribution is 1.02. The van der Waals surface area contributed by atoms with Gasteiger partial charge < -0.3 is 19.9 Å². The number of aromatic amines is 4. The molecule has 0 amide bonds. The van der Waals surface area contributed by atoms with E-state index in [1.54, 1.807) is 0 Å². The van der Waals surface area contributed by atoms with Gasteiger partial charge in [0.25, 0.3) is 0 Å². The molecule has 0 aromatic carbocycles. The summed E-state index contributed by atoms with van der Waals surface area (Å²) < 4.78 is 0.